The van der Waals surface area contributed by atoms with Gasteiger partial charge in [-0.25, -0.2) is 13.2 Å². The number of sulfonamides is 1. The van der Waals surface area contributed by atoms with E-state index < -0.39 is 28.0 Å². The van der Waals surface area contributed by atoms with E-state index in [4.69, 9.17) is 32.7 Å². The number of ether oxygens (including phenoxy) is 2. The molecular weight excluding hydrogens is 467 g/mol. The smallest absolute Gasteiger partial charge is 0.340 e. The van der Waals surface area contributed by atoms with Gasteiger partial charge in [0.2, 0.25) is 10.0 Å². The Morgan fingerprint density at radius 3 is 2.39 bits per heavy atom. The lowest BCUT2D eigenvalue weighted by Crippen LogP contribution is -2.40. The summed E-state index contributed by atoms with van der Waals surface area (Å²) in [5, 5.41) is 3.04. The number of carbonyl (C=O) groups is 2. The molecule has 1 N–H and O–H groups in total. The second-order valence-electron chi connectivity index (χ2n) is 6.70. The summed E-state index contributed by atoms with van der Waals surface area (Å²) in [6.45, 7) is 2.69. The summed E-state index contributed by atoms with van der Waals surface area (Å²) in [6, 6.07) is 10.1. The van der Waals surface area contributed by atoms with Crippen LogP contribution < -0.4 is 5.32 Å². The second-order valence-corrected chi connectivity index (χ2v) is 9.48. The van der Waals surface area contributed by atoms with E-state index in [0.717, 1.165) is 0 Å². The van der Waals surface area contributed by atoms with Gasteiger partial charge in [-0.2, -0.15) is 4.31 Å². The van der Waals surface area contributed by atoms with Crippen LogP contribution in [-0.4, -0.2) is 57.0 Å². The molecule has 1 fully saturated rings. The molecule has 0 aromatic heterocycles. The maximum absolute atomic E-state index is 12.6. The zero-order valence-electron chi connectivity index (χ0n) is 16.5. The Hall–Kier alpha value is -2.17. The van der Waals surface area contributed by atoms with Gasteiger partial charge in [-0.3, -0.25) is 4.79 Å². The normalized spacial score (nSPS) is 15.8. The molecule has 166 valence electrons. The van der Waals surface area contributed by atoms with E-state index in [0.29, 0.717) is 37.0 Å². The van der Waals surface area contributed by atoms with Crippen molar-refractivity contribution in [2.45, 2.75) is 17.9 Å². The predicted molar refractivity (Wildman–Crippen MR) is 116 cm³/mol. The Kier molecular flexibility index (Phi) is 7.55. The summed E-state index contributed by atoms with van der Waals surface area (Å²) in [7, 11) is -3.63. The maximum atomic E-state index is 12.6. The van der Waals surface area contributed by atoms with Crippen LogP contribution in [0.15, 0.2) is 47.4 Å². The number of hydrogen-bond donors (Lipinski definition) is 1. The minimum Gasteiger partial charge on any atom is -0.449 e. The molecule has 1 unspecified atom stereocenters. The predicted octanol–water partition coefficient (Wildman–Crippen LogP) is 3.20. The summed E-state index contributed by atoms with van der Waals surface area (Å²) in [4.78, 5) is 24.8. The number of hydrogen-bond acceptors (Lipinski definition) is 6. The van der Waals surface area contributed by atoms with Gasteiger partial charge in [-0.1, -0.05) is 23.2 Å². The average Bonchev–Trinajstić information content (AvgIpc) is 2.76. The molecule has 8 nitrogen and oxygen atoms in total. The summed E-state index contributed by atoms with van der Waals surface area (Å²) in [6.07, 6.45) is -1.13. The fourth-order valence-corrected chi connectivity index (χ4v) is 4.60. The van der Waals surface area contributed by atoms with Crippen molar-refractivity contribution in [1.29, 1.82) is 0 Å². The molecule has 1 saturated heterocycles. The number of benzene rings is 2. The molecule has 2 aromatic rings. The van der Waals surface area contributed by atoms with Gasteiger partial charge in [0.05, 0.1) is 28.7 Å². The Bertz CT molecular complexity index is 1070. The van der Waals surface area contributed by atoms with Crippen LogP contribution in [0.1, 0.15) is 17.3 Å². The summed E-state index contributed by atoms with van der Waals surface area (Å²) < 4.78 is 37.0. The molecule has 11 heteroatoms. The monoisotopic (exact) mass is 486 g/mol. The molecule has 31 heavy (non-hydrogen) atoms. The van der Waals surface area contributed by atoms with Crippen molar-refractivity contribution in [2.24, 2.45) is 0 Å². The van der Waals surface area contributed by atoms with Gasteiger partial charge >= 0.3 is 5.97 Å². The van der Waals surface area contributed by atoms with E-state index in [1.54, 1.807) is 0 Å². The molecule has 1 amide bonds. The molecule has 1 heterocycles. The van der Waals surface area contributed by atoms with Crippen molar-refractivity contribution in [3.8, 4) is 0 Å². The molecule has 0 aliphatic carbocycles. The third-order valence-corrected chi connectivity index (χ3v) is 7.01. The molecule has 2 aromatic carbocycles. The zero-order valence-corrected chi connectivity index (χ0v) is 18.8. The summed E-state index contributed by atoms with van der Waals surface area (Å²) >= 11 is 11.8. The van der Waals surface area contributed by atoms with E-state index in [1.165, 1.54) is 53.7 Å². The third kappa shape index (κ3) is 5.75. The van der Waals surface area contributed by atoms with Gasteiger partial charge in [-0.05, 0) is 49.4 Å². The number of nitrogens with one attached hydrogen (secondary N) is 1. The van der Waals surface area contributed by atoms with Crippen molar-refractivity contribution >= 4 is 50.8 Å². The molecule has 0 bridgehead atoms. The minimum atomic E-state index is -3.63. The van der Waals surface area contributed by atoms with E-state index in [9.17, 15) is 18.0 Å². The lowest BCUT2D eigenvalue weighted by molar-refractivity contribution is -0.123. The van der Waals surface area contributed by atoms with E-state index >= 15 is 0 Å². The van der Waals surface area contributed by atoms with Crippen LogP contribution in [0.25, 0.3) is 0 Å². The molecule has 3 rings (SSSR count). The highest BCUT2D eigenvalue weighted by molar-refractivity contribution is 7.89. The number of nitrogens with zero attached hydrogens (tertiary/aromatic N) is 1. The van der Waals surface area contributed by atoms with Gasteiger partial charge in [0, 0.05) is 23.8 Å². The standard InChI is InChI=1S/C20H20Cl2N2O6S/c1-13(30-20(26)17-12-14(21)2-7-18(17)22)19(25)23-15-3-5-16(6-4-15)31(27,28)24-8-10-29-11-9-24/h2-7,12-13H,8-11H2,1H3,(H,23,25). The van der Waals surface area contributed by atoms with Crippen molar-refractivity contribution in [3.63, 3.8) is 0 Å². The lowest BCUT2D eigenvalue weighted by atomic mass is 10.2. The van der Waals surface area contributed by atoms with Crippen LogP contribution in [0.5, 0.6) is 0 Å². The van der Waals surface area contributed by atoms with Crippen molar-refractivity contribution < 1.29 is 27.5 Å². The number of amides is 1. The van der Waals surface area contributed by atoms with E-state index in [1.807, 2.05) is 0 Å². The van der Waals surface area contributed by atoms with Gasteiger partial charge in [0.1, 0.15) is 0 Å². The van der Waals surface area contributed by atoms with Crippen LogP contribution in [0.2, 0.25) is 10.0 Å². The molecular formula is C20H20Cl2N2O6S. The SMILES string of the molecule is CC(OC(=O)c1cc(Cl)ccc1Cl)C(=O)Nc1ccc(S(=O)(=O)N2CCOCC2)cc1. The Labute approximate surface area is 190 Å². The maximum Gasteiger partial charge on any atom is 0.340 e. The Morgan fingerprint density at radius 2 is 1.74 bits per heavy atom. The van der Waals surface area contributed by atoms with Gasteiger partial charge in [0.25, 0.3) is 5.91 Å². The highest BCUT2D eigenvalue weighted by Crippen LogP contribution is 2.22. The molecule has 1 aliphatic heterocycles. The summed E-state index contributed by atoms with van der Waals surface area (Å²) in [5.74, 6) is -1.38. The molecule has 0 radical (unpaired) electrons. The third-order valence-electron chi connectivity index (χ3n) is 4.53. The van der Waals surface area contributed by atoms with Crippen molar-refractivity contribution in [3.05, 3.63) is 58.1 Å². The topological polar surface area (TPSA) is 102 Å². The first-order valence-corrected chi connectivity index (χ1v) is 11.5. The number of halogens is 2. The van der Waals surface area contributed by atoms with Crippen LogP contribution in [-0.2, 0) is 24.3 Å². The second kappa shape index (κ2) is 9.97. The number of rotatable bonds is 6. The lowest BCUT2D eigenvalue weighted by Gasteiger charge is -2.26. The van der Waals surface area contributed by atoms with Gasteiger partial charge in [0.15, 0.2) is 6.10 Å². The fourth-order valence-electron chi connectivity index (χ4n) is 2.82. The van der Waals surface area contributed by atoms with E-state index in [-0.39, 0.29) is 15.5 Å². The number of anilines is 1. The van der Waals surface area contributed by atoms with Crippen LogP contribution in [0.3, 0.4) is 0 Å². The van der Waals surface area contributed by atoms with Crippen molar-refractivity contribution in [2.75, 3.05) is 31.6 Å². The number of carbonyl (C=O) groups excluding carboxylic acids is 2. The fraction of sp³-hybridized carbons (Fsp3) is 0.300. The highest BCUT2D eigenvalue weighted by atomic mass is 35.5. The van der Waals surface area contributed by atoms with Crippen LogP contribution in [0.4, 0.5) is 5.69 Å². The first-order chi connectivity index (χ1) is 14.7. The highest BCUT2D eigenvalue weighted by Gasteiger charge is 2.26. The first-order valence-electron chi connectivity index (χ1n) is 9.33. The number of esters is 1. The molecule has 0 saturated carbocycles. The minimum absolute atomic E-state index is 0.0477. The van der Waals surface area contributed by atoms with Crippen LogP contribution >= 0.6 is 23.2 Å². The van der Waals surface area contributed by atoms with Crippen LogP contribution in [0, 0.1) is 0 Å². The van der Waals surface area contributed by atoms with Gasteiger partial charge < -0.3 is 14.8 Å². The van der Waals surface area contributed by atoms with Gasteiger partial charge in [-0.15, -0.1) is 0 Å². The van der Waals surface area contributed by atoms with E-state index in [2.05, 4.69) is 5.32 Å². The Morgan fingerprint density at radius 1 is 1.10 bits per heavy atom. The average molecular weight is 487 g/mol. The quantitative estimate of drug-likeness (QED) is 0.628. The first kappa shape index (κ1) is 23.5. The largest absolute Gasteiger partial charge is 0.449 e. The zero-order chi connectivity index (χ0) is 22.6. The molecule has 1 atom stereocenters. The molecule has 0 spiro atoms. The van der Waals surface area contributed by atoms with Crippen molar-refractivity contribution in [1.82, 2.24) is 4.31 Å². The number of morpholine rings is 1. The molecule has 1 aliphatic rings. The summed E-state index contributed by atoms with van der Waals surface area (Å²) in [5.41, 5.74) is 0.404. The Balaban J connectivity index is 1.62.